The van der Waals surface area contributed by atoms with Crippen molar-refractivity contribution in [2.24, 2.45) is 5.73 Å². The van der Waals surface area contributed by atoms with Crippen LogP contribution in [-0.4, -0.2) is 18.2 Å². The number of nitrogens with two attached hydrogens (primary N) is 1. The molecule has 0 aromatic heterocycles. The summed E-state index contributed by atoms with van der Waals surface area (Å²) in [7, 11) is 0. The van der Waals surface area contributed by atoms with Gasteiger partial charge in [-0.15, -0.1) is 0 Å². The highest BCUT2D eigenvalue weighted by molar-refractivity contribution is 5.68. The Bertz CT molecular complexity index is 484. The van der Waals surface area contributed by atoms with Crippen molar-refractivity contribution in [3.8, 4) is 0 Å². The van der Waals surface area contributed by atoms with Crippen molar-refractivity contribution in [3.05, 3.63) is 35.4 Å². The first-order valence-electron chi connectivity index (χ1n) is 7.33. The van der Waals surface area contributed by atoms with Crippen molar-refractivity contribution in [1.82, 2.24) is 5.32 Å². The third-order valence-corrected chi connectivity index (χ3v) is 3.08. The van der Waals surface area contributed by atoms with Crippen molar-refractivity contribution in [2.45, 2.75) is 58.6 Å². The maximum atomic E-state index is 11.9. The van der Waals surface area contributed by atoms with Gasteiger partial charge in [-0.3, -0.25) is 0 Å². The lowest BCUT2D eigenvalue weighted by Gasteiger charge is -2.25. The molecule has 0 fully saturated rings. The molecule has 3 N–H and O–H groups in total. The molecular formula is C17H28N2O2. The Kier molecular flexibility index (Phi) is 5.40. The summed E-state index contributed by atoms with van der Waals surface area (Å²) in [5.74, 6) is 0. The van der Waals surface area contributed by atoms with Crippen LogP contribution in [-0.2, 0) is 10.2 Å². The Morgan fingerprint density at radius 1 is 1.24 bits per heavy atom. The molecule has 0 aliphatic carbocycles. The summed E-state index contributed by atoms with van der Waals surface area (Å²) in [6, 6.07) is 7.90. The fourth-order valence-electron chi connectivity index (χ4n) is 1.95. The molecule has 0 aliphatic heterocycles. The van der Waals surface area contributed by atoms with Crippen LogP contribution in [0.2, 0.25) is 0 Å². The van der Waals surface area contributed by atoms with Crippen LogP contribution in [0.1, 0.15) is 58.7 Å². The minimum Gasteiger partial charge on any atom is -0.444 e. The molecule has 1 atom stereocenters. The van der Waals surface area contributed by atoms with E-state index >= 15 is 0 Å². The van der Waals surface area contributed by atoms with E-state index in [2.05, 4.69) is 38.2 Å². The van der Waals surface area contributed by atoms with E-state index in [0.717, 1.165) is 5.56 Å². The van der Waals surface area contributed by atoms with Gasteiger partial charge in [0, 0.05) is 6.54 Å². The summed E-state index contributed by atoms with van der Waals surface area (Å²) < 4.78 is 5.28. The number of hydrogen-bond acceptors (Lipinski definition) is 3. The second-order valence-corrected chi connectivity index (χ2v) is 7.31. The van der Waals surface area contributed by atoms with E-state index < -0.39 is 11.7 Å². The lowest BCUT2D eigenvalue weighted by Crippen LogP contribution is -2.37. The zero-order valence-corrected chi connectivity index (χ0v) is 14.0. The first kappa shape index (κ1) is 17.5. The zero-order valence-electron chi connectivity index (χ0n) is 14.0. The van der Waals surface area contributed by atoms with Crippen LogP contribution in [0.15, 0.2) is 24.3 Å². The number of alkyl carbamates (subject to hydrolysis) is 1. The van der Waals surface area contributed by atoms with Gasteiger partial charge in [0.2, 0.25) is 0 Å². The van der Waals surface area contributed by atoms with Crippen LogP contribution in [0.25, 0.3) is 0 Å². The van der Waals surface area contributed by atoms with Gasteiger partial charge in [0.1, 0.15) is 5.60 Å². The number of amides is 1. The molecule has 1 rings (SSSR count). The second-order valence-electron chi connectivity index (χ2n) is 7.31. The first-order chi connectivity index (χ1) is 9.53. The molecule has 0 saturated heterocycles. The Hall–Kier alpha value is -1.55. The van der Waals surface area contributed by atoms with Gasteiger partial charge in [0.15, 0.2) is 0 Å². The molecule has 0 heterocycles. The maximum absolute atomic E-state index is 11.9. The van der Waals surface area contributed by atoms with Crippen molar-refractivity contribution >= 4 is 6.09 Å². The number of rotatable bonds is 3. The van der Waals surface area contributed by atoms with E-state index in [-0.39, 0.29) is 11.5 Å². The number of hydrogen-bond donors (Lipinski definition) is 2. The largest absolute Gasteiger partial charge is 0.444 e. The molecule has 1 unspecified atom stereocenters. The number of carbonyl (C=O) groups is 1. The lowest BCUT2D eigenvalue weighted by atomic mass is 9.85. The van der Waals surface area contributed by atoms with E-state index in [0.29, 0.717) is 6.54 Å². The molecule has 21 heavy (non-hydrogen) atoms. The van der Waals surface area contributed by atoms with E-state index in [1.165, 1.54) is 5.56 Å². The third-order valence-electron chi connectivity index (χ3n) is 3.08. The quantitative estimate of drug-likeness (QED) is 0.896. The third kappa shape index (κ3) is 5.76. The predicted octanol–water partition coefficient (Wildman–Crippen LogP) is 3.51. The van der Waals surface area contributed by atoms with Crippen LogP contribution >= 0.6 is 0 Å². The Morgan fingerprint density at radius 3 is 2.33 bits per heavy atom. The summed E-state index contributed by atoms with van der Waals surface area (Å²) in [5, 5.41) is 2.83. The zero-order chi connectivity index (χ0) is 16.3. The van der Waals surface area contributed by atoms with E-state index in [4.69, 9.17) is 10.5 Å². The van der Waals surface area contributed by atoms with E-state index in [1.807, 2.05) is 32.9 Å². The molecule has 0 spiro atoms. The van der Waals surface area contributed by atoms with Crippen LogP contribution < -0.4 is 11.1 Å². The van der Waals surface area contributed by atoms with Crippen molar-refractivity contribution in [3.63, 3.8) is 0 Å². The van der Waals surface area contributed by atoms with Crippen molar-refractivity contribution < 1.29 is 9.53 Å². The number of benzene rings is 1. The minimum atomic E-state index is -0.517. The molecule has 0 bridgehead atoms. The highest BCUT2D eigenvalue weighted by Gasteiger charge is 2.21. The van der Waals surface area contributed by atoms with Crippen molar-refractivity contribution in [1.29, 1.82) is 0 Å². The summed E-state index contributed by atoms with van der Waals surface area (Å²) in [5.41, 5.74) is 7.55. The van der Waals surface area contributed by atoms with Crippen LogP contribution in [0, 0.1) is 0 Å². The van der Waals surface area contributed by atoms with Gasteiger partial charge in [-0.1, -0.05) is 45.0 Å². The monoisotopic (exact) mass is 292 g/mol. The van der Waals surface area contributed by atoms with Gasteiger partial charge in [-0.25, -0.2) is 4.79 Å². The second kappa shape index (κ2) is 6.48. The van der Waals surface area contributed by atoms with Gasteiger partial charge in [0.25, 0.3) is 0 Å². The van der Waals surface area contributed by atoms with Gasteiger partial charge < -0.3 is 15.8 Å². The predicted molar refractivity (Wildman–Crippen MR) is 86.3 cm³/mol. The van der Waals surface area contributed by atoms with E-state index in [1.54, 1.807) is 0 Å². The molecule has 0 aliphatic rings. The Balaban J connectivity index is 2.88. The average molecular weight is 292 g/mol. The molecule has 118 valence electrons. The fourth-order valence-corrected chi connectivity index (χ4v) is 1.95. The molecule has 1 aromatic carbocycles. The standard InChI is InChI=1S/C17H28N2O2/c1-16(2,3)13-9-7-8-12(10-13)14(11-18)19-15(20)21-17(4,5)6/h7-10,14H,11,18H2,1-6H3,(H,19,20). The maximum Gasteiger partial charge on any atom is 0.408 e. The smallest absolute Gasteiger partial charge is 0.408 e. The van der Waals surface area contributed by atoms with Crippen LogP contribution in [0.4, 0.5) is 4.79 Å². The summed E-state index contributed by atoms with van der Waals surface area (Å²) in [6.45, 7) is 12.3. The molecule has 4 heteroatoms. The van der Waals surface area contributed by atoms with E-state index in [9.17, 15) is 4.79 Å². The number of carbonyl (C=O) groups excluding carboxylic acids is 1. The summed E-state index contributed by atoms with van der Waals surface area (Å²) >= 11 is 0. The van der Waals surface area contributed by atoms with Gasteiger partial charge in [0.05, 0.1) is 6.04 Å². The molecule has 0 saturated carbocycles. The fraction of sp³-hybridized carbons (Fsp3) is 0.588. The van der Waals surface area contributed by atoms with Gasteiger partial charge in [-0.2, -0.15) is 0 Å². The molecular weight excluding hydrogens is 264 g/mol. The van der Waals surface area contributed by atoms with Crippen LogP contribution in [0.3, 0.4) is 0 Å². The topological polar surface area (TPSA) is 64.3 Å². The SMILES string of the molecule is CC(C)(C)OC(=O)NC(CN)c1cccc(C(C)(C)C)c1. The van der Waals surface area contributed by atoms with Gasteiger partial charge >= 0.3 is 6.09 Å². The normalized spacial score (nSPS) is 13.7. The van der Waals surface area contributed by atoms with Gasteiger partial charge in [-0.05, 0) is 37.3 Å². The average Bonchev–Trinajstić information content (AvgIpc) is 2.33. The molecule has 1 aromatic rings. The number of nitrogens with one attached hydrogen (secondary N) is 1. The first-order valence-corrected chi connectivity index (χ1v) is 7.33. The summed E-state index contributed by atoms with van der Waals surface area (Å²) in [6.07, 6.45) is -0.445. The minimum absolute atomic E-state index is 0.0566. The van der Waals surface area contributed by atoms with Crippen LogP contribution in [0.5, 0.6) is 0 Å². The van der Waals surface area contributed by atoms with Crippen molar-refractivity contribution in [2.75, 3.05) is 6.54 Å². The Labute approximate surface area is 128 Å². The Morgan fingerprint density at radius 2 is 1.86 bits per heavy atom. The summed E-state index contributed by atoms with van der Waals surface area (Å²) in [4.78, 5) is 11.9. The highest BCUT2D eigenvalue weighted by atomic mass is 16.6. The molecule has 1 amide bonds. The molecule has 4 nitrogen and oxygen atoms in total. The number of ether oxygens (including phenoxy) is 1. The highest BCUT2D eigenvalue weighted by Crippen LogP contribution is 2.25. The molecule has 0 radical (unpaired) electrons. The lowest BCUT2D eigenvalue weighted by molar-refractivity contribution is 0.0505.